The lowest BCUT2D eigenvalue weighted by Crippen LogP contribution is -2.16. The summed E-state index contributed by atoms with van der Waals surface area (Å²) in [6, 6.07) is 7.80. The van der Waals surface area contributed by atoms with E-state index in [9.17, 15) is 0 Å². The molecule has 94 valence electrons. The molecule has 0 saturated carbocycles. The molecule has 0 aliphatic carbocycles. The summed E-state index contributed by atoms with van der Waals surface area (Å²) in [6.07, 6.45) is 5.23. The minimum Gasteiger partial charge on any atom is -0.384 e. The molecule has 2 aromatic heterocycles. The SMILES string of the molecule is Cc1nccn1-c1c(C(=N)N)cnc2ccccc12. The minimum atomic E-state index is 0.00125. The van der Waals surface area contributed by atoms with E-state index in [0.717, 1.165) is 22.4 Å². The smallest absolute Gasteiger partial charge is 0.126 e. The standard InChI is InChI=1S/C14H13N5/c1-9-17-6-7-19(9)13-10-4-2-3-5-12(10)18-8-11(13)14(15)16/h2-8H,1H3,(H3,15,16). The molecule has 0 spiro atoms. The summed E-state index contributed by atoms with van der Waals surface area (Å²) in [5, 5.41) is 8.68. The molecular formula is C14H13N5. The van der Waals surface area contributed by atoms with Crippen LogP contribution in [0.25, 0.3) is 16.6 Å². The van der Waals surface area contributed by atoms with Crippen LogP contribution in [0, 0.1) is 12.3 Å². The number of para-hydroxylation sites is 1. The zero-order valence-electron chi connectivity index (χ0n) is 10.5. The summed E-state index contributed by atoms with van der Waals surface area (Å²) in [6.45, 7) is 1.92. The van der Waals surface area contributed by atoms with E-state index in [1.165, 1.54) is 0 Å². The van der Waals surface area contributed by atoms with Gasteiger partial charge in [-0.25, -0.2) is 4.98 Å². The van der Waals surface area contributed by atoms with Crippen molar-refractivity contribution in [3.8, 4) is 5.69 Å². The van der Waals surface area contributed by atoms with Crippen molar-refractivity contribution >= 4 is 16.7 Å². The van der Waals surface area contributed by atoms with Gasteiger partial charge < -0.3 is 10.3 Å². The van der Waals surface area contributed by atoms with Crippen molar-refractivity contribution in [2.45, 2.75) is 6.92 Å². The predicted octanol–water partition coefficient (Wildman–Crippen LogP) is 2.01. The van der Waals surface area contributed by atoms with Crippen LogP contribution >= 0.6 is 0 Å². The fourth-order valence-corrected chi connectivity index (χ4v) is 2.20. The molecule has 0 radical (unpaired) electrons. The second-order valence-electron chi connectivity index (χ2n) is 4.30. The summed E-state index contributed by atoms with van der Waals surface area (Å²) in [7, 11) is 0. The number of aromatic nitrogens is 3. The van der Waals surface area contributed by atoms with E-state index in [2.05, 4.69) is 9.97 Å². The number of amidine groups is 1. The van der Waals surface area contributed by atoms with Gasteiger partial charge in [0.15, 0.2) is 0 Å². The minimum absolute atomic E-state index is 0.00125. The van der Waals surface area contributed by atoms with Gasteiger partial charge in [-0.05, 0) is 13.0 Å². The number of nitrogen functional groups attached to an aromatic ring is 1. The monoisotopic (exact) mass is 251 g/mol. The molecule has 0 bridgehead atoms. The van der Waals surface area contributed by atoms with E-state index in [1.807, 2.05) is 42.0 Å². The van der Waals surface area contributed by atoms with Crippen molar-refractivity contribution in [1.29, 1.82) is 5.41 Å². The van der Waals surface area contributed by atoms with Crippen molar-refractivity contribution in [1.82, 2.24) is 14.5 Å². The normalized spacial score (nSPS) is 10.8. The fraction of sp³-hybridized carbons (Fsp3) is 0.0714. The Morgan fingerprint density at radius 1 is 1.26 bits per heavy atom. The van der Waals surface area contributed by atoms with Gasteiger partial charge in [0.05, 0.1) is 16.8 Å². The Labute approximate surface area is 110 Å². The number of nitrogens with two attached hydrogens (primary N) is 1. The fourth-order valence-electron chi connectivity index (χ4n) is 2.20. The number of nitrogens with one attached hydrogen (secondary N) is 1. The van der Waals surface area contributed by atoms with Crippen molar-refractivity contribution in [2.24, 2.45) is 5.73 Å². The zero-order chi connectivity index (χ0) is 13.4. The Hall–Kier alpha value is -2.69. The highest BCUT2D eigenvalue weighted by atomic mass is 15.1. The largest absolute Gasteiger partial charge is 0.384 e. The Bertz CT molecular complexity index is 772. The second kappa shape index (κ2) is 4.20. The topological polar surface area (TPSA) is 80.6 Å². The molecule has 1 aromatic carbocycles. The first-order chi connectivity index (χ1) is 9.18. The van der Waals surface area contributed by atoms with Gasteiger partial charge in [0.25, 0.3) is 0 Å². The molecule has 3 N–H and O–H groups in total. The van der Waals surface area contributed by atoms with Crippen LogP contribution in [-0.4, -0.2) is 20.4 Å². The van der Waals surface area contributed by atoms with Gasteiger partial charge in [0.2, 0.25) is 0 Å². The van der Waals surface area contributed by atoms with E-state index in [1.54, 1.807) is 12.4 Å². The third-order valence-electron chi connectivity index (χ3n) is 3.10. The van der Waals surface area contributed by atoms with Crippen LogP contribution in [0.5, 0.6) is 0 Å². The van der Waals surface area contributed by atoms with Crippen LogP contribution in [0.2, 0.25) is 0 Å². The number of hydrogen-bond acceptors (Lipinski definition) is 3. The number of aryl methyl sites for hydroxylation is 1. The Kier molecular flexibility index (Phi) is 2.52. The maximum Gasteiger partial charge on any atom is 0.126 e. The van der Waals surface area contributed by atoms with E-state index in [0.29, 0.717) is 5.56 Å². The van der Waals surface area contributed by atoms with Gasteiger partial charge in [0.1, 0.15) is 11.7 Å². The van der Waals surface area contributed by atoms with Gasteiger partial charge in [-0.2, -0.15) is 0 Å². The van der Waals surface area contributed by atoms with E-state index >= 15 is 0 Å². The maximum atomic E-state index is 7.73. The highest BCUT2D eigenvalue weighted by Crippen LogP contribution is 2.25. The summed E-state index contributed by atoms with van der Waals surface area (Å²) in [5.41, 5.74) is 8.01. The van der Waals surface area contributed by atoms with E-state index in [-0.39, 0.29) is 5.84 Å². The van der Waals surface area contributed by atoms with Crippen LogP contribution in [0.4, 0.5) is 0 Å². The third kappa shape index (κ3) is 1.76. The number of pyridine rings is 1. The summed E-state index contributed by atoms with van der Waals surface area (Å²) >= 11 is 0. The molecule has 0 atom stereocenters. The first-order valence-corrected chi connectivity index (χ1v) is 5.91. The number of imidazole rings is 1. The first-order valence-electron chi connectivity index (χ1n) is 5.91. The molecule has 0 fully saturated rings. The average molecular weight is 251 g/mol. The van der Waals surface area contributed by atoms with Gasteiger partial charge in [-0.3, -0.25) is 10.4 Å². The highest BCUT2D eigenvalue weighted by molar-refractivity contribution is 6.04. The maximum absolute atomic E-state index is 7.73. The quantitative estimate of drug-likeness (QED) is 0.540. The van der Waals surface area contributed by atoms with Gasteiger partial charge >= 0.3 is 0 Å². The molecule has 2 heterocycles. The Morgan fingerprint density at radius 2 is 2.05 bits per heavy atom. The third-order valence-corrected chi connectivity index (χ3v) is 3.10. The predicted molar refractivity (Wildman–Crippen MR) is 74.6 cm³/mol. The zero-order valence-corrected chi connectivity index (χ0v) is 10.5. The molecule has 5 heteroatoms. The van der Waals surface area contributed by atoms with Crippen LogP contribution in [0.3, 0.4) is 0 Å². The van der Waals surface area contributed by atoms with Crippen LogP contribution < -0.4 is 5.73 Å². The van der Waals surface area contributed by atoms with Crippen molar-refractivity contribution in [3.05, 3.63) is 54.2 Å². The number of fused-ring (bicyclic) bond motifs is 1. The van der Waals surface area contributed by atoms with Gasteiger partial charge in [-0.1, -0.05) is 18.2 Å². The average Bonchev–Trinajstić information content (AvgIpc) is 2.83. The Morgan fingerprint density at radius 3 is 2.74 bits per heavy atom. The first kappa shape index (κ1) is 11.4. The highest BCUT2D eigenvalue weighted by Gasteiger charge is 2.13. The molecular weight excluding hydrogens is 238 g/mol. The lowest BCUT2D eigenvalue weighted by Gasteiger charge is -2.13. The lowest BCUT2D eigenvalue weighted by atomic mass is 10.1. The molecule has 19 heavy (non-hydrogen) atoms. The molecule has 3 aromatic rings. The van der Waals surface area contributed by atoms with E-state index in [4.69, 9.17) is 11.1 Å². The molecule has 0 saturated heterocycles. The van der Waals surface area contributed by atoms with Crippen molar-refractivity contribution in [2.75, 3.05) is 0 Å². The molecule has 3 rings (SSSR count). The summed E-state index contributed by atoms with van der Waals surface area (Å²) in [4.78, 5) is 8.58. The summed E-state index contributed by atoms with van der Waals surface area (Å²) < 4.78 is 1.93. The number of benzene rings is 1. The molecule has 0 aliphatic rings. The van der Waals surface area contributed by atoms with Crippen LogP contribution in [0.1, 0.15) is 11.4 Å². The van der Waals surface area contributed by atoms with Crippen LogP contribution in [-0.2, 0) is 0 Å². The molecule has 0 amide bonds. The lowest BCUT2D eigenvalue weighted by molar-refractivity contribution is 0.977. The number of nitrogens with zero attached hydrogens (tertiary/aromatic N) is 3. The van der Waals surface area contributed by atoms with Gasteiger partial charge in [-0.15, -0.1) is 0 Å². The molecule has 0 aliphatic heterocycles. The number of hydrogen-bond donors (Lipinski definition) is 2. The second-order valence-corrected chi connectivity index (χ2v) is 4.30. The van der Waals surface area contributed by atoms with Crippen molar-refractivity contribution < 1.29 is 0 Å². The van der Waals surface area contributed by atoms with Gasteiger partial charge in [0, 0.05) is 24.0 Å². The van der Waals surface area contributed by atoms with Crippen LogP contribution in [0.15, 0.2) is 42.9 Å². The molecule has 0 unspecified atom stereocenters. The number of rotatable bonds is 2. The summed E-state index contributed by atoms with van der Waals surface area (Å²) in [5.74, 6) is 0.847. The van der Waals surface area contributed by atoms with Crippen molar-refractivity contribution in [3.63, 3.8) is 0 Å². The Balaban J connectivity index is 2.45. The molecule has 5 nitrogen and oxygen atoms in total. The van der Waals surface area contributed by atoms with E-state index < -0.39 is 0 Å².